The molecule has 2 aromatic rings. The number of fused-ring (bicyclic) bond motifs is 1. The van der Waals surface area contributed by atoms with E-state index in [1.165, 1.54) is 0 Å². The molecular formula is C21H27N3O4. The second kappa shape index (κ2) is 8.22. The van der Waals surface area contributed by atoms with E-state index in [0.29, 0.717) is 25.0 Å². The minimum absolute atomic E-state index is 0.125. The predicted octanol–water partition coefficient (Wildman–Crippen LogP) is 3.17. The average Bonchev–Trinajstić information content (AvgIpc) is 2.72. The Bertz CT molecular complexity index is 829. The molecule has 2 unspecified atom stereocenters. The molecule has 4 heterocycles. The Morgan fingerprint density at radius 1 is 1.18 bits per heavy atom. The minimum atomic E-state index is 0.125. The summed E-state index contributed by atoms with van der Waals surface area (Å²) in [6.45, 7) is 7.12. The van der Waals surface area contributed by atoms with Gasteiger partial charge in [0.05, 0.1) is 12.8 Å². The molecule has 0 aliphatic carbocycles. The molecule has 2 aromatic heterocycles. The van der Waals surface area contributed by atoms with Crippen LogP contribution in [0.3, 0.4) is 0 Å². The lowest BCUT2D eigenvalue weighted by molar-refractivity contribution is 0.0640. The van der Waals surface area contributed by atoms with Gasteiger partial charge < -0.3 is 18.9 Å². The van der Waals surface area contributed by atoms with E-state index in [-0.39, 0.29) is 12.1 Å². The molecule has 2 aliphatic heterocycles. The number of methoxy groups -OCH3 is 1. The number of hydrogen-bond donors (Lipinski definition) is 0. The molecule has 150 valence electrons. The van der Waals surface area contributed by atoms with Gasteiger partial charge in [-0.1, -0.05) is 0 Å². The molecule has 7 heteroatoms. The Morgan fingerprint density at radius 2 is 2.04 bits per heavy atom. The van der Waals surface area contributed by atoms with Crippen molar-refractivity contribution in [2.45, 2.75) is 38.8 Å². The maximum atomic E-state index is 6.26. The van der Waals surface area contributed by atoms with Gasteiger partial charge in [0.25, 0.3) is 5.88 Å². The molecule has 7 nitrogen and oxygen atoms in total. The number of rotatable bonds is 5. The maximum absolute atomic E-state index is 6.26. The van der Waals surface area contributed by atoms with E-state index >= 15 is 0 Å². The first kappa shape index (κ1) is 18.8. The van der Waals surface area contributed by atoms with Crippen LogP contribution in [0.15, 0.2) is 24.3 Å². The quantitative estimate of drug-likeness (QED) is 0.783. The predicted molar refractivity (Wildman–Crippen MR) is 104 cm³/mol. The van der Waals surface area contributed by atoms with Crippen molar-refractivity contribution in [2.24, 2.45) is 0 Å². The van der Waals surface area contributed by atoms with Crippen LogP contribution in [0.2, 0.25) is 0 Å². The standard InChI is InChI=1S/C21H27N3O4/c1-14-11-17(12-20(22-14)25-3)28-16-5-4-8-24(13-16)15(2)18-6-7-19-21(23-18)27-10-9-26-19/h6-7,11-12,15-16H,4-5,8-10,13H2,1-3H3. The molecule has 28 heavy (non-hydrogen) atoms. The molecule has 1 saturated heterocycles. The highest BCUT2D eigenvalue weighted by molar-refractivity contribution is 5.36. The van der Waals surface area contributed by atoms with Crippen LogP contribution < -0.4 is 18.9 Å². The third kappa shape index (κ3) is 4.14. The van der Waals surface area contributed by atoms with Crippen molar-refractivity contribution in [2.75, 3.05) is 33.4 Å². The van der Waals surface area contributed by atoms with Crippen molar-refractivity contribution in [3.05, 3.63) is 35.7 Å². The van der Waals surface area contributed by atoms with E-state index in [1.807, 2.05) is 31.2 Å². The summed E-state index contributed by atoms with van der Waals surface area (Å²) < 4.78 is 22.7. The van der Waals surface area contributed by atoms with Gasteiger partial charge in [-0.2, -0.15) is 0 Å². The molecule has 0 saturated carbocycles. The molecule has 4 rings (SSSR count). The molecule has 0 bridgehead atoms. The van der Waals surface area contributed by atoms with Gasteiger partial charge in [0.1, 0.15) is 25.1 Å². The second-order valence-electron chi connectivity index (χ2n) is 7.28. The van der Waals surface area contributed by atoms with Crippen LogP contribution >= 0.6 is 0 Å². The van der Waals surface area contributed by atoms with Gasteiger partial charge in [0.2, 0.25) is 5.88 Å². The number of likely N-dealkylation sites (tertiary alicyclic amines) is 1. The lowest BCUT2D eigenvalue weighted by atomic mass is 10.0. The molecule has 0 radical (unpaired) electrons. The van der Waals surface area contributed by atoms with Crippen molar-refractivity contribution in [1.29, 1.82) is 0 Å². The molecule has 0 aromatic carbocycles. The zero-order chi connectivity index (χ0) is 19.5. The monoisotopic (exact) mass is 385 g/mol. The Hall–Kier alpha value is -2.54. The normalized spacial score (nSPS) is 20.5. The van der Waals surface area contributed by atoms with Crippen LogP contribution in [0.1, 0.15) is 37.2 Å². The fourth-order valence-electron chi connectivity index (χ4n) is 3.75. The largest absolute Gasteiger partial charge is 0.489 e. The van der Waals surface area contributed by atoms with E-state index in [9.17, 15) is 0 Å². The highest BCUT2D eigenvalue weighted by atomic mass is 16.6. The molecule has 1 fully saturated rings. The van der Waals surface area contributed by atoms with Crippen molar-refractivity contribution < 1.29 is 18.9 Å². The average molecular weight is 385 g/mol. The first-order chi connectivity index (χ1) is 13.6. The summed E-state index contributed by atoms with van der Waals surface area (Å²) >= 11 is 0. The molecule has 2 atom stereocenters. The summed E-state index contributed by atoms with van der Waals surface area (Å²) in [5.41, 5.74) is 1.88. The lowest BCUT2D eigenvalue weighted by Gasteiger charge is -2.36. The third-order valence-corrected chi connectivity index (χ3v) is 5.23. The molecular weight excluding hydrogens is 358 g/mol. The van der Waals surface area contributed by atoms with E-state index in [4.69, 9.17) is 18.9 Å². The van der Waals surface area contributed by atoms with Crippen LogP contribution in [-0.2, 0) is 0 Å². The summed E-state index contributed by atoms with van der Waals surface area (Å²) in [5.74, 6) is 2.71. The highest BCUT2D eigenvalue weighted by Crippen LogP contribution is 2.32. The van der Waals surface area contributed by atoms with E-state index in [1.54, 1.807) is 7.11 Å². The Morgan fingerprint density at radius 3 is 2.89 bits per heavy atom. The number of aromatic nitrogens is 2. The van der Waals surface area contributed by atoms with Crippen molar-refractivity contribution in [3.8, 4) is 23.3 Å². The molecule has 0 amide bonds. The van der Waals surface area contributed by atoms with Crippen molar-refractivity contribution >= 4 is 0 Å². The van der Waals surface area contributed by atoms with Crippen LogP contribution in [0.25, 0.3) is 0 Å². The van der Waals surface area contributed by atoms with Crippen molar-refractivity contribution in [1.82, 2.24) is 14.9 Å². The number of pyridine rings is 2. The van der Waals surface area contributed by atoms with Gasteiger partial charge >= 0.3 is 0 Å². The van der Waals surface area contributed by atoms with Gasteiger partial charge in [-0.3, -0.25) is 4.90 Å². The fourth-order valence-corrected chi connectivity index (χ4v) is 3.75. The van der Waals surface area contributed by atoms with Crippen LogP contribution in [0.4, 0.5) is 0 Å². The van der Waals surface area contributed by atoms with Gasteiger partial charge in [-0.05, 0) is 45.4 Å². The Balaban J connectivity index is 1.44. The highest BCUT2D eigenvalue weighted by Gasteiger charge is 2.27. The number of ether oxygens (including phenoxy) is 4. The number of hydrogen-bond acceptors (Lipinski definition) is 7. The number of piperidine rings is 1. The summed E-state index contributed by atoms with van der Waals surface area (Å²) in [4.78, 5) is 11.4. The zero-order valence-electron chi connectivity index (χ0n) is 16.7. The number of nitrogens with zero attached hydrogens (tertiary/aromatic N) is 3. The molecule has 2 aliphatic rings. The SMILES string of the molecule is COc1cc(OC2CCCN(C(C)c3ccc4c(n3)OCCO4)C2)cc(C)n1. The topological polar surface area (TPSA) is 65.9 Å². The first-order valence-electron chi connectivity index (χ1n) is 9.82. The van der Waals surface area contributed by atoms with Gasteiger partial charge in [-0.15, -0.1) is 0 Å². The molecule has 0 spiro atoms. The Kier molecular flexibility index (Phi) is 5.52. The van der Waals surface area contributed by atoms with Crippen LogP contribution in [-0.4, -0.2) is 54.4 Å². The summed E-state index contributed by atoms with van der Waals surface area (Å²) in [6, 6.07) is 7.96. The third-order valence-electron chi connectivity index (χ3n) is 5.23. The zero-order valence-corrected chi connectivity index (χ0v) is 16.7. The van der Waals surface area contributed by atoms with E-state index in [0.717, 1.165) is 48.8 Å². The summed E-state index contributed by atoms with van der Waals surface area (Å²) in [5, 5.41) is 0. The summed E-state index contributed by atoms with van der Waals surface area (Å²) in [6.07, 6.45) is 2.24. The minimum Gasteiger partial charge on any atom is -0.489 e. The van der Waals surface area contributed by atoms with Gasteiger partial charge in [-0.25, -0.2) is 9.97 Å². The van der Waals surface area contributed by atoms with Gasteiger partial charge in [0.15, 0.2) is 5.75 Å². The molecule has 0 N–H and O–H groups in total. The van der Waals surface area contributed by atoms with E-state index < -0.39 is 0 Å². The van der Waals surface area contributed by atoms with Crippen molar-refractivity contribution in [3.63, 3.8) is 0 Å². The second-order valence-corrected chi connectivity index (χ2v) is 7.28. The lowest BCUT2D eigenvalue weighted by Crippen LogP contribution is -2.42. The summed E-state index contributed by atoms with van der Waals surface area (Å²) in [7, 11) is 1.62. The Labute approximate surface area is 165 Å². The smallest absolute Gasteiger partial charge is 0.257 e. The fraction of sp³-hybridized carbons (Fsp3) is 0.524. The van der Waals surface area contributed by atoms with Crippen LogP contribution in [0.5, 0.6) is 23.3 Å². The van der Waals surface area contributed by atoms with E-state index in [2.05, 4.69) is 21.8 Å². The number of aryl methyl sites for hydroxylation is 1. The maximum Gasteiger partial charge on any atom is 0.257 e. The first-order valence-corrected chi connectivity index (χ1v) is 9.82. The van der Waals surface area contributed by atoms with Crippen LogP contribution in [0, 0.1) is 6.92 Å². The van der Waals surface area contributed by atoms with Gasteiger partial charge in [0, 0.05) is 30.4 Å².